The summed E-state index contributed by atoms with van der Waals surface area (Å²) < 4.78 is 2.17. The van der Waals surface area contributed by atoms with Gasteiger partial charge in [0, 0.05) is 30.0 Å². The van der Waals surface area contributed by atoms with Gasteiger partial charge in [-0.2, -0.15) is 0 Å². The van der Waals surface area contributed by atoms with Crippen LogP contribution in [-0.4, -0.2) is 50.0 Å². The second-order valence-corrected chi connectivity index (χ2v) is 7.37. The molecule has 1 aromatic carbocycles. The van der Waals surface area contributed by atoms with Crippen LogP contribution < -0.4 is 0 Å². The van der Waals surface area contributed by atoms with Crippen molar-refractivity contribution in [3.8, 4) is 11.3 Å². The van der Waals surface area contributed by atoms with Crippen molar-refractivity contribution in [1.82, 2.24) is 14.5 Å². The Morgan fingerprint density at radius 3 is 2.88 bits per heavy atom. The number of carboxylic acid groups (broad SMARTS) is 1. The number of aliphatic hydroxyl groups excluding tert-OH is 1. The summed E-state index contributed by atoms with van der Waals surface area (Å²) in [6.07, 6.45) is 4.14. The largest absolute Gasteiger partial charge is 0.465 e. The van der Waals surface area contributed by atoms with Gasteiger partial charge in [0.05, 0.1) is 30.4 Å². The number of hydrogen-bond acceptors (Lipinski definition) is 3. The van der Waals surface area contributed by atoms with Gasteiger partial charge in [-0.05, 0) is 18.4 Å². The molecule has 1 saturated heterocycles. The standard InChI is InChI=1S/C18H19N3O3/c22-16-13(5-6-18(16)8-20(9-18)17(23)24)15-12-4-2-1-3-11(12)14-7-19-10-21(14)15/h1-4,7,10,13,15-16,22H,5-6,8-9H2,(H,23,24)/t13-,15+,16-/m1/s1. The van der Waals surface area contributed by atoms with Gasteiger partial charge in [0.1, 0.15) is 0 Å². The topological polar surface area (TPSA) is 78.6 Å². The molecular formula is C18H19N3O3. The van der Waals surface area contributed by atoms with Crippen molar-refractivity contribution < 1.29 is 15.0 Å². The van der Waals surface area contributed by atoms with Crippen LogP contribution in [0.15, 0.2) is 36.8 Å². The van der Waals surface area contributed by atoms with Crippen LogP contribution in [0.25, 0.3) is 11.3 Å². The van der Waals surface area contributed by atoms with Crippen LogP contribution in [0.4, 0.5) is 4.79 Å². The molecule has 0 bridgehead atoms. The highest BCUT2D eigenvalue weighted by Gasteiger charge is 2.58. The fraction of sp³-hybridized carbons (Fsp3) is 0.444. The van der Waals surface area contributed by atoms with Crippen molar-refractivity contribution >= 4 is 6.09 Å². The highest BCUT2D eigenvalue weighted by atomic mass is 16.4. The average molecular weight is 325 g/mol. The van der Waals surface area contributed by atoms with Gasteiger partial charge in [0.2, 0.25) is 0 Å². The van der Waals surface area contributed by atoms with Gasteiger partial charge in [0.25, 0.3) is 0 Å². The van der Waals surface area contributed by atoms with Crippen LogP contribution in [0.2, 0.25) is 0 Å². The van der Waals surface area contributed by atoms with E-state index in [9.17, 15) is 9.90 Å². The summed E-state index contributed by atoms with van der Waals surface area (Å²) in [5.41, 5.74) is 3.27. The van der Waals surface area contributed by atoms with E-state index in [-0.39, 0.29) is 17.4 Å². The smallest absolute Gasteiger partial charge is 0.407 e. The minimum Gasteiger partial charge on any atom is -0.465 e. The lowest BCUT2D eigenvalue weighted by molar-refractivity contribution is -0.0765. The van der Waals surface area contributed by atoms with Crippen LogP contribution >= 0.6 is 0 Å². The molecule has 1 aromatic heterocycles. The number of imidazole rings is 1. The highest BCUT2D eigenvalue weighted by molar-refractivity contribution is 5.69. The van der Waals surface area contributed by atoms with Gasteiger partial charge in [0.15, 0.2) is 0 Å². The lowest BCUT2D eigenvalue weighted by Crippen LogP contribution is -2.62. The SMILES string of the molecule is O=C(O)N1CC2(CC[C@H]([C@@H]3c4ccccc4-c4cncn43)[C@H]2O)C1. The molecule has 0 radical (unpaired) electrons. The molecule has 2 fully saturated rings. The molecule has 0 unspecified atom stereocenters. The van der Waals surface area contributed by atoms with Crippen LogP contribution in [0.3, 0.4) is 0 Å². The van der Waals surface area contributed by atoms with Gasteiger partial charge in [-0.25, -0.2) is 9.78 Å². The van der Waals surface area contributed by atoms with Crippen LogP contribution in [0.5, 0.6) is 0 Å². The Kier molecular flexibility index (Phi) is 2.69. The molecule has 3 atom stereocenters. The number of hydrogen-bond donors (Lipinski definition) is 2. The number of aromatic nitrogens is 2. The Balaban J connectivity index is 1.49. The number of benzene rings is 1. The Morgan fingerprint density at radius 2 is 2.08 bits per heavy atom. The third kappa shape index (κ3) is 1.64. The molecular weight excluding hydrogens is 306 g/mol. The van der Waals surface area contributed by atoms with Crippen molar-refractivity contribution in [2.75, 3.05) is 13.1 Å². The lowest BCUT2D eigenvalue weighted by atomic mass is 9.74. The molecule has 1 aliphatic carbocycles. The first-order chi connectivity index (χ1) is 11.6. The maximum absolute atomic E-state index is 11.1. The van der Waals surface area contributed by atoms with Crippen LogP contribution in [0, 0.1) is 11.3 Å². The second kappa shape index (κ2) is 4.60. The monoisotopic (exact) mass is 325 g/mol. The minimum atomic E-state index is -0.889. The van der Waals surface area contributed by atoms with E-state index in [0.717, 1.165) is 18.5 Å². The molecule has 1 saturated carbocycles. The van der Waals surface area contributed by atoms with E-state index >= 15 is 0 Å². The van der Waals surface area contributed by atoms with Crippen LogP contribution in [-0.2, 0) is 0 Å². The Labute approximate surface area is 139 Å². The highest BCUT2D eigenvalue weighted by Crippen LogP contribution is 2.55. The average Bonchev–Trinajstić information content (AvgIpc) is 3.18. The number of aliphatic hydroxyl groups is 1. The fourth-order valence-corrected chi connectivity index (χ4v) is 5.05. The maximum Gasteiger partial charge on any atom is 0.407 e. The molecule has 6 nitrogen and oxygen atoms in total. The van der Waals surface area contributed by atoms with E-state index < -0.39 is 12.2 Å². The summed E-state index contributed by atoms with van der Waals surface area (Å²) in [6.45, 7) is 0.899. The fourth-order valence-electron chi connectivity index (χ4n) is 5.05. The van der Waals surface area contributed by atoms with E-state index in [1.54, 1.807) is 0 Å². The number of nitrogens with zero attached hydrogens (tertiary/aromatic N) is 3. The second-order valence-electron chi connectivity index (χ2n) is 7.37. The predicted octanol–water partition coefficient (Wildman–Crippen LogP) is 2.20. The molecule has 1 amide bonds. The van der Waals surface area contributed by atoms with Crippen molar-refractivity contribution in [3.05, 3.63) is 42.4 Å². The zero-order valence-electron chi connectivity index (χ0n) is 13.2. The van der Waals surface area contributed by atoms with Crippen molar-refractivity contribution in [1.29, 1.82) is 0 Å². The molecule has 124 valence electrons. The first-order valence-corrected chi connectivity index (χ1v) is 8.38. The molecule has 2 aromatic rings. The summed E-state index contributed by atoms with van der Waals surface area (Å²) in [5.74, 6) is 0.0949. The Hall–Kier alpha value is -2.34. The van der Waals surface area contributed by atoms with E-state index in [0.29, 0.717) is 13.1 Å². The number of rotatable bonds is 1. The predicted molar refractivity (Wildman–Crippen MR) is 86.6 cm³/mol. The molecule has 2 N–H and O–H groups in total. The quantitative estimate of drug-likeness (QED) is 0.842. The van der Waals surface area contributed by atoms with Crippen LogP contribution in [0.1, 0.15) is 24.4 Å². The van der Waals surface area contributed by atoms with Gasteiger partial charge >= 0.3 is 6.09 Å². The van der Waals surface area contributed by atoms with Crippen molar-refractivity contribution in [2.45, 2.75) is 25.0 Å². The maximum atomic E-state index is 11.1. The van der Waals surface area contributed by atoms with Crippen molar-refractivity contribution in [3.63, 3.8) is 0 Å². The lowest BCUT2D eigenvalue weighted by Gasteiger charge is -2.49. The van der Waals surface area contributed by atoms with Crippen molar-refractivity contribution in [2.24, 2.45) is 11.3 Å². The Morgan fingerprint density at radius 1 is 1.29 bits per heavy atom. The van der Waals surface area contributed by atoms with E-state index in [1.165, 1.54) is 16.0 Å². The third-order valence-electron chi connectivity index (χ3n) is 6.22. The van der Waals surface area contributed by atoms with Gasteiger partial charge in [-0.15, -0.1) is 0 Å². The van der Waals surface area contributed by atoms with Gasteiger partial charge in [-0.1, -0.05) is 24.3 Å². The molecule has 2 aliphatic heterocycles. The zero-order valence-corrected chi connectivity index (χ0v) is 13.2. The molecule has 6 heteroatoms. The summed E-state index contributed by atoms with van der Waals surface area (Å²) in [7, 11) is 0. The summed E-state index contributed by atoms with van der Waals surface area (Å²) in [6, 6.07) is 8.40. The number of fused-ring (bicyclic) bond motifs is 3. The van der Waals surface area contributed by atoms with Gasteiger partial charge < -0.3 is 19.7 Å². The van der Waals surface area contributed by atoms with E-state index in [1.807, 2.05) is 24.7 Å². The zero-order chi connectivity index (χ0) is 16.5. The first-order valence-electron chi connectivity index (χ1n) is 8.38. The molecule has 3 aliphatic rings. The molecule has 5 rings (SSSR count). The van der Waals surface area contributed by atoms with Gasteiger partial charge in [-0.3, -0.25) is 0 Å². The molecule has 1 spiro atoms. The number of carbonyl (C=O) groups is 1. The molecule has 3 heterocycles. The third-order valence-corrected chi connectivity index (χ3v) is 6.22. The van der Waals surface area contributed by atoms with E-state index in [2.05, 4.69) is 21.7 Å². The first kappa shape index (κ1) is 14.0. The minimum absolute atomic E-state index is 0.0898. The molecule has 24 heavy (non-hydrogen) atoms. The summed E-state index contributed by atoms with van der Waals surface area (Å²) in [5, 5.41) is 20.2. The summed E-state index contributed by atoms with van der Waals surface area (Å²) in [4.78, 5) is 16.8. The summed E-state index contributed by atoms with van der Waals surface area (Å²) >= 11 is 0. The van der Waals surface area contributed by atoms with E-state index in [4.69, 9.17) is 5.11 Å². The number of likely N-dealkylation sites (tertiary alicyclic amines) is 1. The number of amides is 1. The normalized spacial score (nSPS) is 29.4. The Bertz CT molecular complexity index is 824.